The highest BCUT2D eigenvalue weighted by Gasteiger charge is 2.30. The predicted octanol–water partition coefficient (Wildman–Crippen LogP) is 1.47. The molecule has 1 aromatic rings. The zero-order valence-electron chi connectivity index (χ0n) is 9.70. The van der Waals surface area contributed by atoms with Crippen molar-refractivity contribution in [3.05, 3.63) is 17.5 Å². The summed E-state index contributed by atoms with van der Waals surface area (Å²) < 4.78 is 53.7. The highest BCUT2D eigenvalue weighted by atomic mass is 32.2. The number of rotatable bonds is 7. The Hall–Kier alpha value is -0.0500. The number of sulfone groups is 1. The summed E-state index contributed by atoms with van der Waals surface area (Å²) in [6.45, 7) is 0.0790. The summed E-state index contributed by atoms with van der Waals surface area (Å²) in [4.78, 5) is 17.8. The summed E-state index contributed by atoms with van der Waals surface area (Å²) in [5.41, 5.74) is 0. The molecule has 19 heavy (non-hydrogen) atoms. The lowest BCUT2D eigenvalue weighted by molar-refractivity contribution is 0.206. The van der Waals surface area contributed by atoms with E-state index in [-0.39, 0.29) is 4.21 Å². The molecule has 2 N–H and O–H groups in total. The van der Waals surface area contributed by atoms with E-state index in [4.69, 9.17) is 9.79 Å². The van der Waals surface area contributed by atoms with Gasteiger partial charge in [0.15, 0.2) is 9.84 Å². The van der Waals surface area contributed by atoms with Crippen LogP contribution in [0.5, 0.6) is 0 Å². The van der Waals surface area contributed by atoms with Gasteiger partial charge in [-0.25, -0.2) is 17.3 Å². The molecule has 12 heteroatoms. The van der Waals surface area contributed by atoms with Crippen molar-refractivity contribution >= 4 is 36.6 Å². The van der Waals surface area contributed by atoms with E-state index in [1.165, 1.54) is 6.07 Å². The summed E-state index contributed by atoms with van der Waals surface area (Å²) in [5, 5.41) is 1.58. The van der Waals surface area contributed by atoms with Crippen molar-refractivity contribution in [3.8, 4) is 0 Å². The van der Waals surface area contributed by atoms with Crippen molar-refractivity contribution in [2.75, 3.05) is 19.0 Å². The van der Waals surface area contributed by atoms with Crippen LogP contribution < -0.4 is 0 Å². The summed E-state index contributed by atoms with van der Waals surface area (Å²) in [7, 11) is -12.6. The monoisotopic (exact) mass is 350 g/mol. The van der Waals surface area contributed by atoms with Crippen LogP contribution in [0.1, 0.15) is 0 Å². The third-order valence-corrected chi connectivity index (χ3v) is 7.37. The minimum Gasteiger partial charge on any atom is -0.324 e. The Labute approximate surface area is 114 Å². The van der Waals surface area contributed by atoms with Gasteiger partial charge in [0.1, 0.15) is 4.21 Å². The van der Waals surface area contributed by atoms with Crippen LogP contribution in [0.25, 0.3) is 0 Å². The van der Waals surface area contributed by atoms with E-state index in [0.29, 0.717) is 6.66 Å². The maximum Gasteiger partial charge on any atom is 0.479 e. The molecular weight excluding hydrogens is 338 g/mol. The Kier molecular flexibility index (Phi) is 5.51. The van der Waals surface area contributed by atoms with Gasteiger partial charge < -0.3 is 9.79 Å². The van der Waals surface area contributed by atoms with Gasteiger partial charge >= 0.3 is 15.4 Å². The molecule has 0 aliphatic heterocycles. The summed E-state index contributed by atoms with van der Waals surface area (Å²) in [6.07, 6.45) is 0. The lowest BCUT2D eigenvalue weighted by atomic mass is 10.7. The first-order chi connectivity index (χ1) is 8.52. The molecule has 1 heterocycles. The van der Waals surface area contributed by atoms with E-state index in [1.54, 1.807) is 11.4 Å². The van der Waals surface area contributed by atoms with Gasteiger partial charge in [-0.3, -0.25) is 9.09 Å². The predicted molar refractivity (Wildman–Crippen MR) is 69.0 cm³/mol. The van der Waals surface area contributed by atoms with Gasteiger partial charge in [-0.1, -0.05) is 6.07 Å². The third kappa shape index (κ3) is 6.29. The van der Waals surface area contributed by atoms with Crippen LogP contribution in [0.15, 0.2) is 21.7 Å². The van der Waals surface area contributed by atoms with Crippen molar-refractivity contribution in [2.45, 2.75) is 4.21 Å². The molecule has 0 bridgehead atoms. The Balaban J connectivity index is 2.56. The Morgan fingerprint density at radius 3 is 2.47 bits per heavy atom. The normalized spacial score (nSPS) is 18.7. The quantitative estimate of drug-likeness (QED) is 0.708. The van der Waals surface area contributed by atoms with Gasteiger partial charge in [0.25, 0.3) is 0 Å². The largest absolute Gasteiger partial charge is 0.479 e. The molecule has 8 nitrogen and oxygen atoms in total. The van der Waals surface area contributed by atoms with Gasteiger partial charge in [-0.15, -0.1) is 11.3 Å². The van der Waals surface area contributed by atoms with E-state index in [1.807, 2.05) is 0 Å². The number of hydrogen-bond acceptors (Lipinski definition) is 7. The average molecular weight is 350 g/mol. The number of phosphoric ester groups is 1. The van der Waals surface area contributed by atoms with Crippen molar-refractivity contribution < 1.29 is 36.2 Å². The van der Waals surface area contributed by atoms with Gasteiger partial charge in [0.2, 0.25) is 0 Å². The van der Waals surface area contributed by atoms with Crippen LogP contribution in [0.2, 0.25) is 0 Å². The summed E-state index contributed by atoms with van der Waals surface area (Å²) in [5.74, 6) is -0.541. The molecule has 0 saturated carbocycles. The van der Waals surface area contributed by atoms with Crippen LogP contribution in [-0.2, 0) is 27.8 Å². The Morgan fingerprint density at radius 1 is 1.37 bits per heavy atom. The van der Waals surface area contributed by atoms with Crippen molar-refractivity contribution in [3.63, 3.8) is 0 Å². The standard InChI is InChI=1S/C7H12O8P2S2/c1-16(8,9)15-17(10,11)14-4-6-19(12,13)7-3-2-5-18-7/h2-3,5H,4,6H2,1H3,(H,8,9)(H,10,11). The fraction of sp³-hybridized carbons (Fsp3) is 0.429. The molecule has 1 rings (SSSR count). The highest BCUT2D eigenvalue weighted by Crippen LogP contribution is 2.57. The SMILES string of the molecule is CP(=O)(O)OP(=O)(O)OCCS(=O)(=O)c1cccs1. The molecule has 2 atom stereocenters. The van der Waals surface area contributed by atoms with Gasteiger partial charge in [0.05, 0.1) is 12.4 Å². The maximum atomic E-state index is 11.7. The molecule has 0 aliphatic rings. The van der Waals surface area contributed by atoms with E-state index in [2.05, 4.69) is 8.83 Å². The molecule has 2 unspecified atom stereocenters. The second-order valence-corrected chi connectivity index (χ2v) is 10.2. The smallest absolute Gasteiger partial charge is 0.324 e. The summed E-state index contributed by atoms with van der Waals surface area (Å²) in [6, 6.07) is 2.95. The van der Waals surface area contributed by atoms with Crippen LogP contribution >= 0.6 is 26.8 Å². The first kappa shape index (κ1) is 17.0. The van der Waals surface area contributed by atoms with E-state index in [9.17, 15) is 17.5 Å². The second kappa shape index (κ2) is 6.15. The number of thiophene rings is 1. The lowest BCUT2D eigenvalue weighted by Gasteiger charge is -2.13. The molecule has 110 valence electrons. The molecule has 0 spiro atoms. The first-order valence-electron chi connectivity index (χ1n) is 4.77. The Morgan fingerprint density at radius 2 is 2.00 bits per heavy atom. The fourth-order valence-electron chi connectivity index (χ4n) is 1.02. The van der Waals surface area contributed by atoms with E-state index < -0.39 is 37.6 Å². The lowest BCUT2D eigenvalue weighted by Crippen LogP contribution is -2.11. The van der Waals surface area contributed by atoms with Gasteiger partial charge in [0, 0.05) is 6.66 Å². The molecule has 0 aliphatic carbocycles. The van der Waals surface area contributed by atoms with Crippen molar-refractivity contribution in [1.82, 2.24) is 0 Å². The minimum atomic E-state index is -4.75. The zero-order chi connectivity index (χ0) is 14.7. The van der Waals surface area contributed by atoms with Crippen molar-refractivity contribution in [2.24, 2.45) is 0 Å². The van der Waals surface area contributed by atoms with Crippen LogP contribution in [0, 0.1) is 0 Å². The van der Waals surface area contributed by atoms with Crippen molar-refractivity contribution in [1.29, 1.82) is 0 Å². The molecule has 0 saturated heterocycles. The van der Waals surface area contributed by atoms with Gasteiger partial charge in [-0.05, 0) is 11.4 Å². The topological polar surface area (TPSA) is 127 Å². The van der Waals surface area contributed by atoms with Crippen LogP contribution in [0.4, 0.5) is 0 Å². The Bertz CT molecular complexity index is 601. The van der Waals surface area contributed by atoms with Crippen LogP contribution in [-0.4, -0.2) is 37.2 Å². The fourth-order valence-corrected chi connectivity index (χ4v) is 5.43. The number of hydrogen-bond donors (Lipinski definition) is 2. The summed E-state index contributed by atoms with van der Waals surface area (Å²) >= 11 is 1.01. The van der Waals surface area contributed by atoms with E-state index in [0.717, 1.165) is 11.3 Å². The average Bonchev–Trinajstić information content (AvgIpc) is 2.64. The molecule has 0 fully saturated rings. The van der Waals surface area contributed by atoms with E-state index >= 15 is 0 Å². The maximum absolute atomic E-state index is 11.7. The molecule has 0 radical (unpaired) electrons. The molecule has 0 aromatic carbocycles. The minimum absolute atomic E-state index is 0.105. The molecular formula is C7H12O8P2S2. The molecule has 1 aromatic heterocycles. The third-order valence-electron chi connectivity index (χ3n) is 1.66. The zero-order valence-corrected chi connectivity index (χ0v) is 13.1. The van der Waals surface area contributed by atoms with Crippen LogP contribution in [0.3, 0.4) is 0 Å². The number of phosphoric acid groups is 1. The van der Waals surface area contributed by atoms with Gasteiger partial charge in [-0.2, -0.15) is 0 Å². The highest BCUT2D eigenvalue weighted by molar-refractivity contribution is 7.93. The second-order valence-electron chi connectivity index (χ2n) is 3.44. The molecule has 0 amide bonds. The first-order valence-corrected chi connectivity index (χ1v) is 10.8.